The molecule has 0 bridgehead atoms. The highest BCUT2D eigenvalue weighted by Crippen LogP contribution is 2.34. The van der Waals surface area contributed by atoms with Crippen molar-refractivity contribution in [2.45, 2.75) is 51.2 Å². The van der Waals surface area contributed by atoms with Gasteiger partial charge in [0.1, 0.15) is 11.4 Å². The van der Waals surface area contributed by atoms with Crippen LogP contribution in [0.2, 0.25) is 0 Å². The summed E-state index contributed by atoms with van der Waals surface area (Å²) in [6.45, 7) is 6.66. The minimum Gasteiger partial charge on any atom is -0.497 e. The number of benzene rings is 1. The molecule has 0 radical (unpaired) electrons. The van der Waals surface area contributed by atoms with E-state index in [2.05, 4.69) is 0 Å². The van der Waals surface area contributed by atoms with E-state index in [1.54, 1.807) is 12.0 Å². The van der Waals surface area contributed by atoms with Crippen molar-refractivity contribution in [1.82, 2.24) is 4.90 Å². The van der Waals surface area contributed by atoms with Crippen molar-refractivity contribution in [2.75, 3.05) is 20.2 Å². The summed E-state index contributed by atoms with van der Waals surface area (Å²) in [5.41, 5.74) is -0.553. The number of carbonyl (C=O) groups is 1. The highest BCUT2D eigenvalue weighted by molar-refractivity contribution is 5.68. The standard InChI is InChI=1S/C18H27NO4/c1-17(2,3)23-16(20)19-12-5-10-18(21,11-13-19)14-6-8-15(22-4)9-7-14/h6-9,21H,5,10-13H2,1-4H3. The van der Waals surface area contributed by atoms with Crippen molar-refractivity contribution in [3.8, 4) is 5.75 Å². The molecule has 0 aromatic heterocycles. The van der Waals surface area contributed by atoms with Crippen LogP contribution in [0.15, 0.2) is 24.3 Å². The van der Waals surface area contributed by atoms with E-state index in [4.69, 9.17) is 9.47 Å². The average Bonchev–Trinajstić information content (AvgIpc) is 2.69. The Morgan fingerprint density at radius 2 is 1.83 bits per heavy atom. The van der Waals surface area contributed by atoms with Gasteiger partial charge >= 0.3 is 6.09 Å². The quantitative estimate of drug-likeness (QED) is 0.908. The fourth-order valence-electron chi connectivity index (χ4n) is 2.82. The molecule has 1 aromatic carbocycles. The van der Waals surface area contributed by atoms with Crippen LogP contribution in [0, 0.1) is 0 Å². The zero-order chi connectivity index (χ0) is 17.1. The van der Waals surface area contributed by atoms with E-state index < -0.39 is 11.2 Å². The summed E-state index contributed by atoms with van der Waals surface area (Å²) < 4.78 is 10.6. The third kappa shape index (κ3) is 4.61. The molecular formula is C18H27NO4. The molecule has 1 saturated heterocycles. The molecule has 1 aliphatic rings. The highest BCUT2D eigenvalue weighted by atomic mass is 16.6. The molecule has 5 nitrogen and oxygen atoms in total. The predicted octanol–water partition coefficient (Wildman–Crippen LogP) is 3.30. The molecule has 23 heavy (non-hydrogen) atoms. The first-order chi connectivity index (χ1) is 10.7. The second-order valence-electron chi connectivity index (χ2n) is 7.08. The lowest BCUT2D eigenvalue weighted by Crippen LogP contribution is -2.38. The van der Waals surface area contributed by atoms with E-state index in [9.17, 15) is 9.90 Å². The molecule has 1 N–H and O–H groups in total. The van der Waals surface area contributed by atoms with Gasteiger partial charge < -0.3 is 19.5 Å². The van der Waals surface area contributed by atoms with Gasteiger partial charge in [0.15, 0.2) is 0 Å². The first-order valence-corrected chi connectivity index (χ1v) is 8.08. The Kier molecular flexibility index (Phi) is 5.19. The van der Waals surface area contributed by atoms with Crippen molar-refractivity contribution in [3.05, 3.63) is 29.8 Å². The van der Waals surface area contributed by atoms with Crippen LogP contribution in [0.3, 0.4) is 0 Å². The highest BCUT2D eigenvalue weighted by Gasteiger charge is 2.34. The summed E-state index contributed by atoms with van der Waals surface area (Å²) in [6.07, 6.45) is 1.55. The van der Waals surface area contributed by atoms with Crippen molar-refractivity contribution in [3.63, 3.8) is 0 Å². The number of hydrogen-bond acceptors (Lipinski definition) is 4. The van der Waals surface area contributed by atoms with Crippen LogP contribution in [-0.4, -0.2) is 41.9 Å². The summed E-state index contributed by atoms with van der Waals surface area (Å²) in [4.78, 5) is 13.9. The maximum atomic E-state index is 12.2. The molecule has 128 valence electrons. The second-order valence-corrected chi connectivity index (χ2v) is 7.08. The minimum absolute atomic E-state index is 0.309. The van der Waals surface area contributed by atoms with E-state index in [0.717, 1.165) is 17.7 Å². The van der Waals surface area contributed by atoms with Crippen molar-refractivity contribution < 1.29 is 19.4 Å². The number of nitrogens with zero attached hydrogens (tertiary/aromatic N) is 1. The molecule has 1 fully saturated rings. The Hall–Kier alpha value is -1.75. The zero-order valence-corrected chi connectivity index (χ0v) is 14.5. The van der Waals surface area contributed by atoms with Crippen molar-refractivity contribution in [1.29, 1.82) is 0 Å². The summed E-state index contributed by atoms with van der Waals surface area (Å²) in [5, 5.41) is 11.0. The third-order valence-electron chi connectivity index (χ3n) is 4.09. The molecule has 1 heterocycles. The lowest BCUT2D eigenvalue weighted by atomic mass is 9.87. The molecule has 1 aliphatic heterocycles. The van der Waals surface area contributed by atoms with Crippen molar-refractivity contribution in [2.24, 2.45) is 0 Å². The number of methoxy groups -OCH3 is 1. The van der Waals surface area contributed by atoms with E-state index in [1.165, 1.54) is 0 Å². The number of likely N-dealkylation sites (tertiary alicyclic amines) is 1. The normalized spacial score (nSPS) is 22.4. The Balaban J connectivity index is 2.05. The molecule has 0 spiro atoms. The van der Waals surface area contributed by atoms with Crippen LogP contribution < -0.4 is 4.74 Å². The van der Waals surface area contributed by atoms with E-state index in [1.807, 2.05) is 45.0 Å². The number of hydrogen-bond donors (Lipinski definition) is 1. The number of aliphatic hydroxyl groups is 1. The molecule has 1 unspecified atom stereocenters. The summed E-state index contributed by atoms with van der Waals surface area (Å²) in [5.74, 6) is 0.765. The summed E-state index contributed by atoms with van der Waals surface area (Å²) in [7, 11) is 1.62. The topological polar surface area (TPSA) is 59.0 Å². The summed E-state index contributed by atoms with van der Waals surface area (Å²) >= 11 is 0. The lowest BCUT2D eigenvalue weighted by molar-refractivity contribution is 0.0128. The smallest absolute Gasteiger partial charge is 0.410 e. The van der Waals surface area contributed by atoms with Crippen LogP contribution in [0.5, 0.6) is 5.75 Å². The van der Waals surface area contributed by atoms with Crippen LogP contribution in [0.25, 0.3) is 0 Å². The molecule has 0 saturated carbocycles. The van der Waals surface area contributed by atoms with Gasteiger partial charge in [0.25, 0.3) is 0 Å². The van der Waals surface area contributed by atoms with E-state index >= 15 is 0 Å². The molecule has 5 heteroatoms. The van der Waals surface area contributed by atoms with Gasteiger partial charge in [0, 0.05) is 13.1 Å². The predicted molar refractivity (Wildman–Crippen MR) is 88.5 cm³/mol. The molecule has 1 aromatic rings. The maximum Gasteiger partial charge on any atom is 0.410 e. The van der Waals surface area contributed by atoms with Gasteiger partial charge in [-0.05, 0) is 57.7 Å². The number of carbonyl (C=O) groups excluding carboxylic acids is 1. The van der Waals surface area contributed by atoms with Gasteiger partial charge in [-0.2, -0.15) is 0 Å². The first-order valence-electron chi connectivity index (χ1n) is 8.08. The molecule has 2 rings (SSSR count). The third-order valence-corrected chi connectivity index (χ3v) is 4.09. The SMILES string of the molecule is COc1ccc(C2(O)CCCN(C(=O)OC(C)(C)C)CC2)cc1. The molecule has 0 aliphatic carbocycles. The van der Waals surface area contributed by atoms with Gasteiger partial charge in [-0.1, -0.05) is 12.1 Å². The molecule has 1 atom stereocenters. The first kappa shape index (κ1) is 17.6. The summed E-state index contributed by atoms with van der Waals surface area (Å²) in [6, 6.07) is 7.48. The van der Waals surface area contributed by atoms with Crippen LogP contribution >= 0.6 is 0 Å². The molecular weight excluding hydrogens is 294 g/mol. The Morgan fingerprint density at radius 3 is 2.39 bits per heavy atom. The van der Waals surface area contributed by atoms with Gasteiger partial charge in [-0.15, -0.1) is 0 Å². The fourth-order valence-corrected chi connectivity index (χ4v) is 2.82. The van der Waals surface area contributed by atoms with E-state index in [-0.39, 0.29) is 6.09 Å². The Labute approximate surface area is 138 Å². The monoisotopic (exact) mass is 321 g/mol. The van der Waals surface area contributed by atoms with Gasteiger partial charge in [-0.3, -0.25) is 0 Å². The Morgan fingerprint density at radius 1 is 1.17 bits per heavy atom. The van der Waals surface area contributed by atoms with Gasteiger partial charge in [0.2, 0.25) is 0 Å². The van der Waals surface area contributed by atoms with Crippen molar-refractivity contribution >= 4 is 6.09 Å². The van der Waals surface area contributed by atoms with Gasteiger partial charge in [-0.25, -0.2) is 4.79 Å². The number of ether oxygens (including phenoxy) is 2. The van der Waals surface area contributed by atoms with E-state index in [0.29, 0.717) is 25.9 Å². The zero-order valence-electron chi connectivity index (χ0n) is 14.5. The number of rotatable bonds is 2. The molecule has 1 amide bonds. The minimum atomic E-state index is -0.914. The number of amides is 1. The largest absolute Gasteiger partial charge is 0.497 e. The van der Waals surface area contributed by atoms with Gasteiger partial charge in [0.05, 0.1) is 12.7 Å². The Bertz CT molecular complexity index is 535. The second kappa shape index (κ2) is 6.79. The van der Waals surface area contributed by atoms with Crippen LogP contribution in [-0.2, 0) is 10.3 Å². The maximum absolute atomic E-state index is 12.2. The lowest BCUT2D eigenvalue weighted by Gasteiger charge is -2.28. The van der Waals surface area contributed by atoms with Crippen LogP contribution in [0.4, 0.5) is 4.79 Å². The average molecular weight is 321 g/mol. The van der Waals surface area contributed by atoms with Crippen LogP contribution in [0.1, 0.15) is 45.6 Å². The fraction of sp³-hybridized carbons (Fsp3) is 0.611.